The molecule has 0 bridgehead atoms. The topological polar surface area (TPSA) is 114 Å². The van der Waals surface area contributed by atoms with Gasteiger partial charge in [0.25, 0.3) is 7.82 Å². The molecule has 0 rings (SSSR count). The molecule has 0 saturated carbocycles. The first-order valence-corrected chi connectivity index (χ1v) is 34.2. The Morgan fingerprint density at radius 2 is 0.800 bits per heavy atom. The van der Waals surface area contributed by atoms with E-state index in [9.17, 15) is 19.0 Å². The van der Waals surface area contributed by atoms with Crippen LogP contribution in [0.3, 0.4) is 0 Å². The average molecular weight is 1140 g/mol. The van der Waals surface area contributed by atoms with Crippen molar-refractivity contribution in [2.45, 2.75) is 283 Å². The summed E-state index contributed by atoms with van der Waals surface area (Å²) in [5, 5.41) is 3.02. The molecule has 0 fully saturated rings. The molecular formula is C70H123N2O7P. The number of phosphoric ester groups is 1. The van der Waals surface area contributed by atoms with Gasteiger partial charge < -0.3 is 28.5 Å². The number of carbonyl (C=O) groups excluding carboxylic acids is 2. The molecule has 9 nitrogen and oxygen atoms in total. The van der Waals surface area contributed by atoms with Gasteiger partial charge in [-0.25, -0.2) is 0 Å². The number of allylic oxidation sites excluding steroid dienone is 17. The van der Waals surface area contributed by atoms with Gasteiger partial charge in [-0.1, -0.05) is 252 Å². The molecule has 3 unspecified atom stereocenters. The van der Waals surface area contributed by atoms with Gasteiger partial charge in [0.05, 0.1) is 33.8 Å². The Morgan fingerprint density at radius 3 is 1.23 bits per heavy atom. The molecule has 1 N–H and O–H groups in total. The predicted molar refractivity (Wildman–Crippen MR) is 344 cm³/mol. The standard InChI is InChI=1S/C70H123N2O7P/c1-7-10-13-16-19-22-25-28-30-32-34-36-38-40-42-44-47-50-53-56-59-62-69(73)71-67(66-78-80(75,76)77-65-64-72(4,5)6)68(61-58-55-52-49-46-27-24-21-18-15-12-9-3)79-70(74)63-60-57-54-51-48-45-43-41-39-37-35-33-31-29-26-23-20-17-14-11-8-2/h11,14,19-20,22-23,28-31,34-37,41,43,58,61,67-68H,7-10,12-13,15-18,21,24-27,32-33,38-40,42,44-57,59-60,62-66H2,1-6H3,(H-,71,73,75,76)/b14-11-,22-19-,23-20-,30-28-,31-29-,36-34-,37-35-,43-41-,61-58+. The van der Waals surface area contributed by atoms with E-state index in [1.807, 2.05) is 33.3 Å². The fourth-order valence-corrected chi connectivity index (χ4v) is 9.63. The summed E-state index contributed by atoms with van der Waals surface area (Å²) in [6.45, 7) is 6.68. The number of amides is 1. The number of hydrogen-bond donors (Lipinski definition) is 1. The van der Waals surface area contributed by atoms with Crippen LogP contribution in [0.1, 0.15) is 271 Å². The van der Waals surface area contributed by atoms with E-state index < -0.39 is 26.6 Å². The van der Waals surface area contributed by atoms with Crippen LogP contribution < -0.4 is 10.2 Å². The Bertz CT molecular complexity index is 1740. The molecule has 10 heteroatoms. The summed E-state index contributed by atoms with van der Waals surface area (Å²) in [6.07, 6.45) is 80.5. The Labute approximate surface area is 493 Å². The molecule has 0 aromatic rings. The van der Waals surface area contributed by atoms with Crippen molar-refractivity contribution in [3.8, 4) is 0 Å². The van der Waals surface area contributed by atoms with Crippen LogP contribution in [-0.4, -0.2) is 69.4 Å². The van der Waals surface area contributed by atoms with Gasteiger partial charge in [-0.15, -0.1) is 0 Å². The van der Waals surface area contributed by atoms with Crippen LogP contribution in [0.2, 0.25) is 0 Å². The van der Waals surface area contributed by atoms with Gasteiger partial charge in [0.2, 0.25) is 5.91 Å². The third kappa shape index (κ3) is 59.3. The molecule has 0 spiro atoms. The Morgan fingerprint density at radius 1 is 0.450 bits per heavy atom. The number of hydrogen-bond acceptors (Lipinski definition) is 7. The van der Waals surface area contributed by atoms with E-state index in [2.05, 4.69) is 123 Å². The van der Waals surface area contributed by atoms with Crippen molar-refractivity contribution >= 4 is 19.7 Å². The van der Waals surface area contributed by atoms with Crippen molar-refractivity contribution in [2.75, 3.05) is 40.9 Å². The fraction of sp³-hybridized carbons (Fsp3) is 0.714. The lowest BCUT2D eigenvalue weighted by Gasteiger charge is -2.30. The maximum absolute atomic E-state index is 13.6. The highest BCUT2D eigenvalue weighted by atomic mass is 31.2. The molecule has 80 heavy (non-hydrogen) atoms. The third-order valence-corrected chi connectivity index (χ3v) is 14.9. The first-order chi connectivity index (χ1) is 38.9. The Balaban J connectivity index is 5.26. The summed E-state index contributed by atoms with van der Waals surface area (Å²) >= 11 is 0. The van der Waals surface area contributed by atoms with Crippen LogP contribution >= 0.6 is 7.82 Å². The lowest BCUT2D eigenvalue weighted by molar-refractivity contribution is -0.870. The second-order valence-electron chi connectivity index (χ2n) is 22.9. The van der Waals surface area contributed by atoms with Crippen LogP contribution in [0, 0.1) is 0 Å². The highest BCUT2D eigenvalue weighted by Gasteiger charge is 2.27. The van der Waals surface area contributed by atoms with E-state index >= 15 is 0 Å². The van der Waals surface area contributed by atoms with Gasteiger partial charge >= 0.3 is 5.97 Å². The summed E-state index contributed by atoms with van der Waals surface area (Å²) in [4.78, 5) is 40.1. The van der Waals surface area contributed by atoms with Gasteiger partial charge in [0, 0.05) is 12.8 Å². The van der Waals surface area contributed by atoms with Crippen LogP contribution in [0.25, 0.3) is 0 Å². The van der Waals surface area contributed by atoms with Gasteiger partial charge in [0.1, 0.15) is 19.3 Å². The van der Waals surface area contributed by atoms with E-state index in [-0.39, 0.29) is 24.9 Å². The maximum Gasteiger partial charge on any atom is 0.306 e. The number of unbranched alkanes of at least 4 members (excludes halogenated alkanes) is 26. The van der Waals surface area contributed by atoms with Crippen LogP contribution in [0.4, 0.5) is 0 Å². The lowest BCUT2D eigenvalue weighted by Crippen LogP contribution is -2.47. The minimum atomic E-state index is -4.71. The fourth-order valence-electron chi connectivity index (χ4n) is 8.91. The molecule has 0 aliphatic carbocycles. The average Bonchev–Trinajstić information content (AvgIpc) is 3.42. The van der Waals surface area contributed by atoms with Crippen molar-refractivity contribution in [3.05, 3.63) is 109 Å². The minimum absolute atomic E-state index is 0.0326. The number of quaternary nitrogens is 1. The Hall–Kier alpha value is -3.33. The largest absolute Gasteiger partial charge is 0.756 e. The zero-order chi connectivity index (χ0) is 58.6. The third-order valence-electron chi connectivity index (χ3n) is 13.9. The second-order valence-corrected chi connectivity index (χ2v) is 24.3. The zero-order valence-corrected chi connectivity index (χ0v) is 53.4. The van der Waals surface area contributed by atoms with Crippen LogP contribution in [-0.2, 0) is 27.9 Å². The van der Waals surface area contributed by atoms with Crippen molar-refractivity contribution in [1.82, 2.24) is 5.32 Å². The van der Waals surface area contributed by atoms with E-state index in [1.165, 1.54) is 103 Å². The second kappa shape index (κ2) is 58.9. The van der Waals surface area contributed by atoms with Crippen LogP contribution in [0.15, 0.2) is 109 Å². The number of nitrogens with zero attached hydrogens (tertiary/aromatic N) is 1. The van der Waals surface area contributed by atoms with Gasteiger partial charge in [0.15, 0.2) is 0 Å². The van der Waals surface area contributed by atoms with Gasteiger partial charge in [-0.3, -0.25) is 14.2 Å². The molecule has 1 amide bonds. The molecule has 0 radical (unpaired) electrons. The molecule has 3 atom stereocenters. The normalized spacial score (nSPS) is 14.3. The number of esters is 1. The van der Waals surface area contributed by atoms with E-state index in [1.54, 1.807) is 0 Å². The van der Waals surface area contributed by atoms with Crippen molar-refractivity contribution in [3.63, 3.8) is 0 Å². The molecule has 0 aromatic carbocycles. The van der Waals surface area contributed by atoms with E-state index in [0.717, 1.165) is 128 Å². The van der Waals surface area contributed by atoms with Gasteiger partial charge in [-0.2, -0.15) is 0 Å². The molecule has 0 aromatic heterocycles. The molecule has 0 saturated heterocycles. The smallest absolute Gasteiger partial charge is 0.306 e. The number of phosphoric acid groups is 1. The molecule has 0 aliphatic heterocycles. The predicted octanol–water partition coefficient (Wildman–Crippen LogP) is 19.9. The first kappa shape index (κ1) is 76.7. The lowest BCUT2D eigenvalue weighted by atomic mass is 10.0. The maximum atomic E-state index is 13.6. The molecule has 0 heterocycles. The number of carbonyl (C=O) groups is 2. The molecular weight excluding hydrogens is 1010 g/mol. The summed E-state index contributed by atoms with van der Waals surface area (Å²) < 4.78 is 30.4. The highest BCUT2D eigenvalue weighted by molar-refractivity contribution is 7.45. The quantitative estimate of drug-likeness (QED) is 0.0212. The summed E-state index contributed by atoms with van der Waals surface area (Å²) in [6, 6.07) is -0.908. The summed E-state index contributed by atoms with van der Waals surface area (Å²) in [7, 11) is 1.16. The first-order valence-electron chi connectivity index (χ1n) is 32.7. The molecule has 460 valence electrons. The Kier molecular flexibility index (Phi) is 56.4. The highest BCUT2D eigenvalue weighted by Crippen LogP contribution is 2.38. The number of likely N-dealkylation sites (N-methyl/N-ethyl adjacent to an activating group) is 1. The number of rotatable bonds is 58. The SMILES string of the molecule is CC/C=C\C/C=C\C/C=C\C/C=C\C/C=C\CCCCCCCC(=O)OC(/C=C/CCCCCCCCCCCC)C(COP(=O)([O-])OCC[N+](C)(C)C)NC(=O)CCCCCCCCCC/C=C\C/C=C\C/C=C\CCCCC. The number of ether oxygens (including phenoxy) is 1. The summed E-state index contributed by atoms with van der Waals surface area (Å²) in [5.41, 5.74) is 0. The van der Waals surface area contributed by atoms with Crippen molar-refractivity contribution in [2.24, 2.45) is 0 Å². The molecule has 0 aliphatic rings. The van der Waals surface area contributed by atoms with Crippen molar-refractivity contribution < 1.29 is 37.3 Å². The van der Waals surface area contributed by atoms with Crippen LogP contribution in [0.5, 0.6) is 0 Å². The monoisotopic (exact) mass is 1130 g/mol. The van der Waals surface area contributed by atoms with E-state index in [4.69, 9.17) is 13.8 Å². The van der Waals surface area contributed by atoms with Gasteiger partial charge in [-0.05, 0) is 115 Å². The van der Waals surface area contributed by atoms with Crippen molar-refractivity contribution in [1.29, 1.82) is 0 Å². The minimum Gasteiger partial charge on any atom is -0.756 e. The van der Waals surface area contributed by atoms with E-state index in [0.29, 0.717) is 23.9 Å². The number of nitrogens with one attached hydrogen (secondary N) is 1. The summed E-state index contributed by atoms with van der Waals surface area (Å²) in [5.74, 6) is -0.574. The zero-order valence-electron chi connectivity index (χ0n) is 52.5.